The molecule has 2 rings (SSSR count). The molecular formula is C14H15F3N2O2. The lowest BCUT2D eigenvalue weighted by atomic mass is 10.1. The highest BCUT2D eigenvalue weighted by atomic mass is 19.4. The maximum atomic E-state index is 12.0. The summed E-state index contributed by atoms with van der Waals surface area (Å²) in [7, 11) is 0. The molecule has 0 fully saturated rings. The summed E-state index contributed by atoms with van der Waals surface area (Å²) in [5, 5.41) is 2.72. The molecule has 0 aromatic heterocycles. The lowest BCUT2D eigenvalue weighted by Crippen LogP contribution is -2.30. The number of nitrogens with two attached hydrogens (primary N) is 1. The molecule has 7 heteroatoms. The van der Waals surface area contributed by atoms with Crippen LogP contribution in [0.5, 0.6) is 5.75 Å². The van der Waals surface area contributed by atoms with E-state index in [4.69, 9.17) is 5.73 Å². The van der Waals surface area contributed by atoms with Gasteiger partial charge in [-0.25, -0.2) is 0 Å². The van der Waals surface area contributed by atoms with Crippen molar-refractivity contribution >= 4 is 5.91 Å². The number of alkyl halides is 3. The second-order valence-electron chi connectivity index (χ2n) is 4.80. The van der Waals surface area contributed by atoms with E-state index >= 15 is 0 Å². The molecule has 3 N–H and O–H groups in total. The molecule has 0 aliphatic heterocycles. The zero-order valence-electron chi connectivity index (χ0n) is 11.1. The average Bonchev–Trinajstić information content (AvgIpc) is 2.82. The molecule has 0 radical (unpaired) electrons. The van der Waals surface area contributed by atoms with E-state index in [1.807, 2.05) is 0 Å². The van der Waals surface area contributed by atoms with Crippen LogP contribution in [-0.4, -0.2) is 18.3 Å². The van der Waals surface area contributed by atoms with Crippen LogP contribution >= 0.6 is 0 Å². The van der Waals surface area contributed by atoms with Gasteiger partial charge in [0, 0.05) is 12.6 Å². The van der Waals surface area contributed by atoms with Crippen LogP contribution in [0.3, 0.4) is 0 Å². The Hall–Kier alpha value is -2.02. The molecule has 21 heavy (non-hydrogen) atoms. The van der Waals surface area contributed by atoms with E-state index in [2.05, 4.69) is 10.1 Å². The van der Waals surface area contributed by atoms with Gasteiger partial charge < -0.3 is 15.8 Å². The summed E-state index contributed by atoms with van der Waals surface area (Å²) in [6.07, 6.45) is -0.582. The number of hydrogen-bond donors (Lipinski definition) is 2. The van der Waals surface area contributed by atoms with Gasteiger partial charge in [0.25, 0.3) is 0 Å². The van der Waals surface area contributed by atoms with Crippen molar-refractivity contribution in [3.8, 4) is 5.75 Å². The second-order valence-corrected chi connectivity index (χ2v) is 4.80. The van der Waals surface area contributed by atoms with Crippen molar-refractivity contribution in [1.82, 2.24) is 5.32 Å². The van der Waals surface area contributed by atoms with Crippen molar-refractivity contribution in [2.24, 2.45) is 11.7 Å². The molecule has 1 aliphatic rings. The van der Waals surface area contributed by atoms with Gasteiger partial charge >= 0.3 is 6.36 Å². The molecule has 0 saturated carbocycles. The van der Waals surface area contributed by atoms with Crippen molar-refractivity contribution in [1.29, 1.82) is 0 Å². The molecule has 2 unspecified atom stereocenters. The van der Waals surface area contributed by atoms with Gasteiger partial charge in [-0.05, 0) is 24.1 Å². The highest BCUT2D eigenvalue weighted by Gasteiger charge is 2.31. The fourth-order valence-electron chi connectivity index (χ4n) is 2.05. The summed E-state index contributed by atoms with van der Waals surface area (Å²) >= 11 is 0. The number of hydrogen-bond acceptors (Lipinski definition) is 3. The molecular weight excluding hydrogens is 285 g/mol. The number of halogens is 3. The van der Waals surface area contributed by atoms with Crippen molar-refractivity contribution < 1.29 is 22.7 Å². The Kier molecular flexibility index (Phi) is 4.52. The molecule has 0 bridgehead atoms. The summed E-state index contributed by atoms with van der Waals surface area (Å²) in [5.74, 6) is -0.676. The van der Waals surface area contributed by atoms with E-state index in [0.717, 1.165) is 0 Å². The zero-order chi connectivity index (χ0) is 15.5. The van der Waals surface area contributed by atoms with Gasteiger partial charge in [-0.2, -0.15) is 0 Å². The van der Waals surface area contributed by atoms with Gasteiger partial charge in [-0.3, -0.25) is 4.79 Å². The summed E-state index contributed by atoms with van der Waals surface area (Å²) < 4.78 is 39.8. The summed E-state index contributed by atoms with van der Waals surface area (Å²) in [6.45, 7) is 0.241. The molecule has 1 amide bonds. The standard InChI is InChI=1S/C14H15F3N2O2/c15-14(16,17)21-12-5-1-9(2-6-12)8-19-13(20)10-3-4-11(18)7-10/h1-6,10-11H,7-8,18H2,(H,19,20). The Bertz CT molecular complexity index is 526. The van der Waals surface area contributed by atoms with Crippen LogP contribution in [0.4, 0.5) is 13.2 Å². The van der Waals surface area contributed by atoms with Crippen LogP contribution < -0.4 is 15.8 Å². The van der Waals surface area contributed by atoms with Crippen molar-refractivity contribution in [2.45, 2.75) is 25.4 Å². The first-order valence-corrected chi connectivity index (χ1v) is 6.40. The van der Waals surface area contributed by atoms with E-state index in [-0.39, 0.29) is 30.2 Å². The molecule has 114 valence electrons. The number of nitrogens with one attached hydrogen (secondary N) is 1. The minimum absolute atomic E-state index is 0.0976. The average molecular weight is 300 g/mol. The van der Waals surface area contributed by atoms with Crippen LogP contribution in [0.2, 0.25) is 0 Å². The predicted molar refractivity (Wildman–Crippen MR) is 70.2 cm³/mol. The lowest BCUT2D eigenvalue weighted by Gasteiger charge is -2.11. The maximum absolute atomic E-state index is 12.0. The fourth-order valence-corrected chi connectivity index (χ4v) is 2.05. The van der Waals surface area contributed by atoms with Crippen LogP contribution in [0.1, 0.15) is 12.0 Å². The Labute approximate surface area is 119 Å². The highest BCUT2D eigenvalue weighted by Crippen LogP contribution is 2.22. The van der Waals surface area contributed by atoms with Gasteiger partial charge in [0.2, 0.25) is 5.91 Å². The first-order valence-electron chi connectivity index (χ1n) is 6.40. The van der Waals surface area contributed by atoms with Crippen molar-refractivity contribution in [3.05, 3.63) is 42.0 Å². The summed E-state index contributed by atoms with van der Waals surface area (Å²) in [5.41, 5.74) is 6.35. The molecule has 1 aliphatic carbocycles. The third kappa shape index (κ3) is 4.78. The topological polar surface area (TPSA) is 64.4 Å². The zero-order valence-corrected chi connectivity index (χ0v) is 11.1. The molecule has 4 nitrogen and oxygen atoms in total. The smallest absolute Gasteiger partial charge is 0.406 e. The van der Waals surface area contributed by atoms with Crippen LogP contribution in [-0.2, 0) is 11.3 Å². The molecule has 1 aromatic rings. The number of ether oxygens (including phenoxy) is 1. The summed E-state index contributed by atoms with van der Waals surface area (Å²) in [6, 6.07) is 5.26. The van der Waals surface area contributed by atoms with E-state index in [1.165, 1.54) is 24.3 Å². The second kappa shape index (κ2) is 6.17. The minimum Gasteiger partial charge on any atom is -0.406 e. The molecule has 0 heterocycles. The Morgan fingerprint density at radius 2 is 1.95 bits per heavy atom. The SMILES string of the molecule is NC1C=CC(C(=O)NCc2ccc(OC(F)(F)F)cc2)C1. The minimum atomic E-state index is -4.71. The van der Waals surface area contributed by atoms with Gasteiger partial charge in [-0.1, -0.05) is 24.3 Å². The van der Waals surface area contributed by atoms with Crippen LogP contribution in [0.15, 0.2) is 36.4 Å². The van der Waals surface area contributed by atoms with E-state index in [0.29, 0.717) is 12.0 Å². The Morgan fingerprint density at radius 3 is 2.48 bits per heavy atom. The van der Waals surface area contributed by atoms with Gasteiger partial charge in [0.1, 0.15) is 5.75 Å². The third-order valence-electron chi connectivity index (χ3n) is 3.08. The molecule has 0 saturated heterocycles. The normalized spacial score (nSPS) is 21.3. The van der Waals surface area contributed by atoms with Crippen molar-refractivity contribution in [2.75, 3.05) is 0 Å². The van der Waals surface area contributed by atoms with E-state index < -0.39 is 6.36 Å². The summed E-state index contributed by atoms with van der Waals surface area (Å²) in [4.78, 5) is 11.8. The third-order valence-corrected chi connectivity index (χ3v) is 3.08. The van der Waals surface area contributed by atoms with E-state index in [1.54, 1.807) is 12.2 Å². The molecule has 2 atom stereocenters. The van der Waals surface area contributed by atoms with Crippen LogP contribution in [0.25, 0.3) is 0 Å². The van der Waals surface area contributed by atoms with Gasteiger partial charge in [0.15, 0.2) is 0 Å². The molecule has 0 spiro atoms. The van der Waals surface area contributed by atoms with Crippen LogP contribution in [0, 0.1) is 5.92 Å². The first kappa shape index (κ1) is 15.4. The lowest BCUT2D eigenvalue weighted by molar-refractivity contribution is -0.274. The van der Waals surface area contributed by atoms with E-state index in [9.17, 15) is 18.0 Å². The number of benzene rings is 1. The highest BCUT2D eigenvalue weighted by molar-refractivity contribution is 5.81. The first-order chi connectivity index (χ1) is 9.83. The monoisotopic (exact) mass is 300 g/mol. The van der Waals surface area contributed by atoms with Gasteiger partial charge in [-0.15, -0.1) is 13.2 Å². The van der Waals surface area contributed by atoms with Crippen molar-refractivity contribution in [3.63, 3.8) is 0 Å². The Balaban J connectivity index is 1.84. The largest absolute Gasteiger partial charge is 0.573 e. The number of rotatable bonds is 4. The fraction of sp³-hybridized carbons (Fsp3) is 0.357. The maximum Gasteiger partial charge on any atom is 0.573 e. The quantitative estimate of drug-likeness (QED) is 0.837. The number of carbonyl (C=O) groups excluding carboxylic acids is 1. The van der Waals surface area contributed by atoms with Gasteiger partial charge in [0.05, 0.1) is 5.92 Å². The number of carbonyl (C=O) groups is 1. The number of amides is 1. The molecule has 1 aromatic carbocycles. The predicted octanol–water partition coefficient (Wildman–Crippen LogP) is 2.10. The Morgan fingerprint density at radius 1 is 1.29 bits per heavy atom.